The maximum Gasteiger partial charge on any atom is -0.0244 e. The molecule has 0 nitrogen and oxygen atoms in total. The van der Waals surface area contributed by atoms with Gasteiger partial charge in [-0.1, -0.05) is 42.8 Å². The van der Waals surface area contributed by atoms with Crippen molar-refractivity contribution in [2.45, 2.75) is 40.0 Å². The van der Waals surface area contributed by atoms with Crippen LogP contribution in [0.25, 0.3) is 0 Å². The first-order valence-electron chi connectivity index (χ1n) is 5.43. The van der Waals surface area contributed by atoms with Crippen LogP contribution in [0.5, 0.6) is 0 Å². The molecule has 0 saturated carbocycles. The maximum absolute atomic E-state index is 2.30. The van der Waals surface area contributed by atoms with Crippen molar-refractivity contribution in [2.75, 3.05) is 0 Å². The van der Waals surface area contributed by atoms with Crippen molar-refractivity contribution < 1.29 is 0 Å². The number of hydrogen-bond acceptors (Lipinski definition) is 0. The van der Waals surface area contributed by atoms with Gasteiger partial charge in [0.15, 0.2) is 0 Å². The summed E-state index contributed by atoms with van der Waals surface area (Å²) in [6, 6.07) is 8.96. The Bertz CT molecular complexity index is 286. The highest BCUT2D eigenvalue weighted by atomic mass is 14.0. The van der Waals surface area contributed by atoms with E-state index in [1.807, 2.05) is 0 Å². The Morgan fingerprint density at radius 3 is 2.14 bits per heavy atom. The largest absolute Gasteiger partial charge is 0.0856 e. The Hall–Kier alpha value is -1.04. The molecule has 1 rings (SSSR count). The van der Waals surface area contributed by atoms with E-state index in [9.17, 15) is 0 Å². The number of allylic oxidation sites excluding steroid dienone is 2. The molecule has 0 radical (unpaired) electrons. The van der Waals surface area contributed by atoms with E-state index in [4.69, 9.17) is 0 Å². The molecule has 0 saturated heterocycles. The summed E-state index contributed by atoms with van der Waals surface area (Å²) in [5, 5.41) is 0. The Kier molecular flexibility index (Phi) is 4.45. The second-order valence-electron chi connectivity index (χ2n) is 3.99. The summed E-state index contributed by atoms with van der Waals surface area (Å²) in [6.45, 7) is 6.50. The first-order valence-corrected chi connectivity index (χ1v) is 5.43. The van der Waals surface area contributed by atoms with Crippen LogP contribution in [0.2, 0.25) is 0 Å². The first kappa shape index (κ1) is 11.0. The SMILES string of the molecule is CCc1ccc(CCC=C(C)C)cc1. The van der Waals surface area contributed by atoms with Crippen LogP contribution in [0.3, 0.4) is 0 Å². The quantitative estimate of drug-likeness (QED) is 0.623. The van der Waals surface area contributed by atoms with E-state index in [2.05, 4.69) is 51.1 Å². The number of aryl methyl sites for hydroxylation is 2. The molecule has 0 fully saturated rings. The second-order valence-corrected chi connectivity index (χ2v) is 3.99. The fourth-order valence-corrected chi connectivity index (χ4v) is 1.47. The van der Waals surface area contributed by atoms with Gasteiger partial charge in [0.1, 0.15) is 0 Å². The van der Waals surface area contributed by atoms with Gasteiger partial charge in [-0.05, 0) is 44.2 Å². The van der Waals surface area contributed by atoms with Crippen molar-refractivity contribution in [1.82, 2.24) is 0 Å². The fourth-order valence-electron chi connectivity index (χ4n) is 1.47. The molecule has 1 aromatic rings. The minimum absolute atomic E-state index is 1.13. The van der Waals surface area contributed by atoms with Crippen LogP contribution in [0.15, 0.2) is 35.9 Å². The first-order chi connectivity index (χ1) is 6.72. The number of rotatable bonds is 4. The van der Waals surface area contributed by atoms with Crippen LogP contribution < -0.4 is 0 Å². The maximum atomic E-state index is 2.30. The van der Waals surface area contributed by atoms with Gasteiger partial charge < -0.3 is 0 Å². The lowest BCUT2D eigenvalue weighted by Crippen LogP contribution is -1.85. The van der Waals surface area contributed by atoms with Crippen LogP contribution in [0.4, 0.5) is 0 Å². The Morgan fingerprint density at radius 1 is 1.07 bits per heavy atom. The van der Waals surface area contributed by atoms with Crippen molar-refractivity contribution in [2.24, 2.45) is 0 Å². The Morgan fingerprint density at radius 2 is 1.64 bits per heavy atom. The number of hydrogen-bond donors (Lipinski definition) is 0. The van der Waals surface area contributed by atoms with E-state index in [1.165, 1.54) is 16.7 Å². The van der Waals surface area contributed by atoms with Gasteiger partial charge >= 0.3 is 0 Å². The van der Waals surface area contributed by atoms with Crippen LogP contribution in [0, 0.1) is 0 Å². The molecule has 76 valence electrons. The second kappa shape index (κ2) is 5.64. The predicted octanol–water partition coefficient (Wildman–Crippen LogP) is 4.15. The lowest BCUT2D eigenvalue weighted by atomic mass is 10.1. The predicted molar refractivity (Wildman–Crippen MR) is 63.6 cm³/mol. The molecule has 0 spiro atoms. The molecule has 0 bridgehead atoms. The third-order valence-electron chi connectivity index (χ3n) is 2.42. The zero-order valence-corrected chi connectivity index (χ0v) is 9.51. The minimum Gasteiger partial charge on any atom is -0.0856 e. The summed E-state index contributed by atoms with van der Waals surface area (Å²) in [5.41, 5.74) is 4.28. The molecule has 0 aliphatic rings. The van der Waals surface area contributed by atoms with Crippen molar-refractivity contribution in [3.8, 4) is 0 Å². The van der Waals surface area contributed by atoms with E-state index in [-0.39, 0.29) is 0 Å². The fraction of sp³-hybridized carbons (Fsp3) is 0.429. The Balaban J connectivity index is 2.48. The van der Waals surface area contributed by atoms with Crippen molar-refractivity contribution in [1.29, 1.82) is 0 Å². The van der Waals surface area contributed by atoms with Crippen LogP contribution in [0.1, 0.15) is 38.3 Å². The summed E-state index contributed by atoms with van der Waals surface area (Å²) in [4.78, 5) is 0. The van der Waals surface area contributed by atoms with E-state index in [0.717, 1.165) is 19.3 Å². The van der Waals surface area contributed by atoms with E-state index in [0.29, 0.717) is 0 Å². The molecule has 14 heavy (non-hydrogen) atoms. The average molecular weight is 188 g/mol. The monoisotopic (exact) mass is 188 g/mol. The molecule has 0 unspecified atom stereocenters. The minimum atomic E-state index is 1.13. The van der Waals surface area contributed by atoms with Gasteiger partial charge in [-0.25, -0.2) is 0 Å². The molecule has 0 N–H and O–H groups in total. The van der Waals surface area contributed by atoms with Crippen LogP contribution >= 0.6 is 0 Å². The van der Waals surface area contributed by atoms with Gasteiger partial charge in [0.2, 0.25) is 0 Å². The molecule has 0 amide bonds. The third kappa shape index (κ3) is 3.78. The summed E-state index contributed by atoms with van der Waals surface area (Å²) in [7, 11) is 0. The molecule has 1 aromatic carbocycles. The normalized spacial score (nSPS) is 9.93. The molecule has 0 aromatic heterocycles. The van der Waals surface area contributed by atoms with E-state index in [1.54, 1.807) is 0 Å². The standard InChI is InChI=1S/C14H20/c1-4-13-8-10-14(11-9-13)7-5-6-12(2)3/h6,8-11H,4-5,7H2,1-3H3. The van der Waals surface area contributed by atoms with Crippen molar-refractivity contribution in [3.05, 3.63) is 47.0 Å². The topological polar surface area (TPSA) is 0 Å². The molecule has 0 aliphatic heterocycles. The van der Waals surface area contributed by atoms with Gasteiger partial charge in [0, 0.05) is 0 Å². The summed E-state index contributed by atoms with van der Waals surface area (Å²) < 4.78 is 0. The highest BCUT2D eigenvalue weighted by molar-refractivity contribution is 5.22. The van der Waals surface area contributed by atoms with E-state index < -0.39 is 0 Å². The van der Waals surface area contributed by atoms with Crippen LogP contribution in [-0.2, 0) is 12.8 Å². The average Bonchev–Trinajstić information content (AvgIpc) is 2.18. The van der Waals surface area contributed by atoms with E-state index >= 15 is 0 Å². The van der Waals surface area contributed by atoms with Crippen molar-refractivity contribution >= 4 is 0 Å². The van der Waals surface area contributed by atoms with Gasteiger partial charge in [0.05, 0.1) is 0 Å². The molecular weight excluding hydrogens is 168 g/mol. The van der Waals surface area contributed by atoms with Gasteiger partial charge in [-0.15, -0.1) is 0 Å². The molecule has 0 heterocycles. The zero-order valence-electron chi connectivity index (χ0n) is 9.51. The molecule has 0 atom stereocenters. The van der Waals surface area contributed by atoms with Gasteiger partial charge in [0.25, 0.3) is 0 Å². The summed E-state index contributed by atoms with van der Waals surface area (Å²) >= 11 is 0. The Labute approximate surface area is 87.7 Å². The number of benzene rings is 1. The molecular formula is C14H20. The van der Waals surface area contributed by atoms with Gasteiger partial charge in [-0.2, -0.15) is 0 Å². The summed E-state index contributed by atoms with van der Waals surface area (Å²) in [5.74, 6) is 0. The lowest BCUT2D eigenvalue weighted by Gasteiger charge is -2.00. The summed E-state index contributed by atoms with van der Waals surface area (Å²) in [6.07, 6.45) is 5.75. The highest BCUT2D eigenvalue weighted by Crippen LogP contribution is 2.08. The third-order valence-corrected chi connectivity index (χ3v) is 2.42. The molecule has 0 aliphatic carbocycles. The zero-order chi connectivity index (χ0) is 10.4. The lowest BCUT2D eigenvalue weighted by molar-refractivity contribution is 0.984. The smallest absolute Gasteiger partial charge is 0.0244 e. The molecule has 0 heteroatoms. The van der Waals surface area contributed by atoms with Gasteiger partial charge in [-0.3, -0.25) is 0 Å². The highest BCUT2D eigenvalue weighted by Gasteiger charge is 1.92. The van der Waals surface area contributed by atoms with Crippen molar-refractivity contribution in [3.63, 3.8) is 0 Å². The van der Waals surface area contributed by atoms with Crippen LogP contribution in [-0.4, -0.2) is 0 Å².